The van der Waals surface area contributed by atoms with Crippen molar-refractivity contribution in [2.75, 3.05) is 18.9 Å². The molecule has 0 aliphatic heterocycles. The van der Waals surface area contributed by atoms with Crippen LogP contribution in [0.1, 0.15) is 38.5 Å². The van der Waals surface area contributed by atoms with Crippen LogP contribution in [0, 0.1) is 10.1 Å². The molecule has 1 aliphatic rings. The van der Waals surface area contributed by atoms with Crippen molar-refractivity contribution in [3.05, 3.63) is 28.3 Å². The van der Waals surface area contributed by atoms with Crippen molar-refractivity contribution in [3.63, 3.8) is 0 Å². The quantitative estimate of drug-likeness (QED) is 0.407. The highest BCUT2D eigenvalue weighted by Gasteiger charge is 2.29. The lowest BCUT2D eigenvalue weighted by molar-refractivity contribution is -0.384. The molecule has 1 aliphatic carbocycles. The smallest absolute Gasteiger partial charge is 0.293 e. The Kier molecular flexibility index (Phi) is 5.79. The number of hydrogen-bond donors (Lipinski definition) is 3. The minimum absolute atomic E-state index is 0.171. The molecule has 1 aromatic carbocycles. The molecule has 8 nitrogen and oxygen atoms in total. The average Bonchev–Trinajstić information content (AvgIpc) is 2.77. The number of anilines is 1. The molecule has 3 N–H and O–H groups in total. The Balaban J connectivity index is 2.22. The second-order valence-corrected chi connectivity index (χ2v) is 8.02. The molecule has 2 rings (SSSR count). The molecule has 0 bridgehead atoms. The number of nitrogens with one attached hydrogen (secondary N) is 2. The Morgan fingerprint density at radius 2 is 1.88 bits per heavy atom. The van der Waals surface area contributed by atoms with Crippen LogP contribution in [0.25, 0.3) is 0 Å². The maximum atomic E-state index is 11.8. The van der Waals surface area contributed by atoms with Crippen molar-refractivity contribution in [2.45, 2.75) is 49.0 Å². The average molecular weight is 357 g/mol. The van der Waals surface area contributed by atoms with E-state index in [2.05, 4.69) is 10.0 Å². The molecule has 24 heavy (non-hydrogen) atoms. The second-order valence-electron chi connectivity index (χ2n) is 6.14. The fourth-order valence-electron chi connectivity index (χ4n) is 2.92. The van der Waals surface area contributed by atoms with Crippen molar-refractivity contribution >= 4 is 21.4 Å². The third-order valence-corrected chi connectivity index (χ3v) is 5.80. The maximum Gasteiger partial charge on any atom is 0.293 e. The lowest BCUT2D eigenvalue weighted by atomic mass is 9.94. The minimum atomic E-state index is -3.75. The predicted octanol–water partition coefficient (Wildman–Crippen LogP) is 2.00. The Bertz CT molecular complexity index is 697. The van der Waals surface area contributed by atoms with Gasteiger partial charge in [-0.15, -0.1) is 0 Å². The van der Waals surface area contributed by atoms with Crippen LogP contribution in [0.2, 0.25) is 0 Å². The molecule has 0 radical (unpaired) electrons. The molecule has 1 fully saturated rings. The van der Waals surface area contributed by atoms with Gasteiger partial charge in [-0.2, -0.15) is 0 Å². The van der Waals surface area contributed by atoms with Gasteiger partial charge < -0.3 is 10.4 Å². The summed E-state index contributed by atoms with van der Waals surface area (Å²) in [6, 6.07) is 3.69. The Labute approximate surface area is 141 Å². The first-order valence-corrected chi connectivity index (χ1v) is 9.44. The van der Waals surface area contributed by atoms with Gasteiger partial charge in [-0.05, 0) is 32.0 Å². The molecule has 0 atom stereocenters. The second kappa shape index (κ2) is 7.45. The zero-order chi connectivity index (χ0) is 17.8. The van der Waals surface area contributed by atoms with Crippen LogP contribution < -0.4 is 10.0 Å². The van der Waals surface area contributed by atoms with Gasteiger partial charge in [0.2, 0.25) is 10.0 Å². The number of aliphatic hydroxyl groups is 1. The van der Waals surface area contributed by atoms with E-state index in [0.717, 1.165) is 31.7 Å². The summed E-state index contributed by atoms with van der Waals surface area (Å²) in [7, 11) is -2.51. The summed E-state index contributed by atoms with van der Waals surface area (Å²) < 4.78 is 25.7. The Morgan fingerprint density at radius 3 is 2.42 bits per heavy atom. The Hall–Kier alpha value is -1.71. The van der Waals surface area contributed by atoms with E-state index in [9.17, 15) is 23.6 Å². The molecule has 1 saturated carbocycles. The van der Waals surface area contributed by atoms with E-state index < -0.39 is 20.5 Å². The lowest BCUT2D eigenvalue weighted by Crippen LogP contribution is -2.36. The topological polar surface area (TPSA) is 122 Å². The van der Waals surface area contributed by atoms with E-state index in [0.29, 0.717) is 12.8 Å². The van der Waals surface area contributed by atoms with E-state index in [1.54, 1.807) is 0 Å². The van der Waals surface area contributed by atoms with Gasteiger partial charge in [0.1, 0.15) is 5.69 Å². The first kappa shape index (κ1) is 18.6. The highest BCUT2D eigenvalue weighted by atomic mass is 32.2. The van der Waals surface area contributed by atoms with Crippen molar-refractivity contribution < 1.29 is 18.4 Å². The number of hydrogen-bond acceptors (Lipinski definition) is 6. The normalized spacial score (nSPS) is 17.9. The molecular weight excluding hydrogens is 334 g/mol. The van der Waals surface area contributed by atoms with E-state index in [-0.39, 0.29) is 22.8 Å². The summed E-state index contributed by atoms with van der Waals surface area (Å²) in [5, 5.41) is 24.8. The SMILES string of the molecule is CNS(=O)(=O)c1ccc(NCC2(O)CCCCCC2)c([N+](=O)[O-])c1. The van der Waals surface area contributed by atoms with Crippen LogP contribution >= 0.6 is 0 Å². The van der Waals surface area contributed by atoms with Gasteiger partial charge in [0, 0.05) is 12.6 Å². The van der Waals surface area contributed by atoms with Crippen molar-refractivity contribution in [1.29, 1.82) is 0 Å². The molecule has 1 aromatic rings. The molecule has 134 valence electrons. The zero-order valence-corrected chi connectivity index (χ0v) is 14.4. The first-order chi connectivity index (χ1) is 11.3. The fourth-order valence-corrected chi connectivity index (χ4v) is 3.67. The molecular formula is C15H23N3O5S. The van der Waals surface area contributed by atoms with Crippen molar-refractivity contribution in [3.8, 4) is 0 Å². The van der Waals surface area contributed by atoms with Crippen LogP contribution in [0.4, 0.5) is 11.4 Å². The van der Waals surface area contributed by atoms with Crippen LogP contribution in [0.3, 0.4) is 0 Å². The number of rotatable bonds is 6. The molecule has 0 aromatic heterocycles. The highest BCUT2D eigenvalue weighted by Crippen LogP contribution is 2.31. The van der Waals surface area contributed by atoms with Gasteiger partial charge in [0.25, 0.3) is 5.69 Å². The summed E-state index contributed by atoms with van der Waals surface area (Å²) in [4.78, 5) is 10.5. The Morgan fingerprint density at radius 1 is 1.25 bits per heavy atom. The third kappa shape index (κ3) is 4.43. The lowest BCUT2D eigenvalue weighted by Gasteiger charge is -2.27. The number of nitrogens with zero attached hydrogens (tertiary/aromatic N) is 1. The third-order valence-electron chi connectivity index (χ3n) is 4.39. The van der Waals surface area contributed by atoms with Gasteiger partial charge in [-0.1, -0.05) is 25.7 Å². The monoisotopic (exact) mass is 357 g/mol. The van der Waals surface area contributed by atoms with E-state index in [4.69, 9.17) is 0 Å². The summed E-state index contributed by atoms with van der Waals surface area (Å²) in [5.41, 5.74) is -1.02. The number of nitro groups is 1. The minimum Gasteiger partial charge on any atom is -0.388 e. The van der Waals surface area contributed by atoms with E-state index in [1.165, 1.54) is 19.2 Å². The molecule has 0 saturated heterocycles. The standard InChI is InChI=1S/C15H23N3O5S/c1-16-24(22,23)12-6-7-13(14(10-12)18(20)21)17-11-15(19)8-4-2-3-5-9-15/h6-7,10,16-17,19H,2-5,8-9,11H2,1H3. The molecule has 0 heterocycles. The van der Waals surface area contributed by atoms with E-state index >= 15 is 0 Å². The fraction of sp³-hybridized carbons (Fsp3) is 0.600. The van der Waals surface area contributed by atoms with Crippen LogP contribution in [0.15, 0.2) is 23.1 Å². The first-order valence-electron chi connectivity index (χ1n) is 7.96. The van der Waals surface area contributed by atoms with Gasteiger partial charge in [-0.3, -0.25) is 10.1 Å². The molecule has 0 unspecified atom stereocenters. The summed E-state index contributed by atoms with van der Waals surface area (Å²) in [5.74, 6) is 0. The number of nitro benzene ring substituents is 1. The van der Waals surface area contributed by atoms with Crippen molar-refractivity contribution in [1.82, 2.24) is 4.72 Å². The van der Waals surface area contributed by atoms with Crippen LogP contribution in [0.5, 0.6) is 0 Å². The van der Waals surface area contributed by atoms with Gasteiger partial charge in [0.05, 0.1) is 15.4 Å². The largest absolute Gasteiger partial charge is 0.388 e. The predicted molar refractivity (Wildman–Crippen MR) is 90.5 cm³/mol. The number of benzene rings is 1. The molecule has 9 heteroatoms. The highest BCUT2D eigenvalue weighted by molar-refractivity contribution is 7.89. The van der Waals surface area contributed by atoms with Gasteiger partial charge in [-0.25, -0.2) is 13.1 Å². The van der Waals surface area contributed by atoms with Gasteiger partial charge >= 0.3 is 0 Å². The molecule has 0 amide bonds. The van der Waals surface area contributed by atoms with Crippen molar-refractivity contribution in [2.24, 2.45) is 0 Å². The van der Waals surface area contributed by atoms with Crippen LogP contribution in [-0.2, 0) is 10.0 Å². The summed E-state index contributed by atoms with van der Waals surface area (Å²) >= 11 is 0. The summed E-state index contributed by atoms with van der Waals surface area (Å²) in [6.07, 6.45) is 5.33. The van der Waals surface area contributed by atoms with Crippen LogP contribution in [-0.4, -0.2) is 37.6 Å². The number of sulfonamides is 1. The summed E-state index contributed by atoms with van der Waals surface area (Å²) in [6.45, 7) is 0.200. The van der Waals surface area contributed by atoms with Gasteiger partial charge in [0.15, 0.2) is 0 Å². The van der Waals surface area contributed by atoms with E-state index in [1.807, 2.05) is 0 Å². The maximum absolute atomic E-state index is 11.8. The zero-order valence-electron chi connectivity index (χ0n) is 13.6. The molecule has 0 spiro atoms.